The summed E-state index contributed by atoms with van der Waals surface area (Å²) in [6, 6.07) is 8.74. The molecule has 4 nitrogen and oxygen atoms in total. The molecule has 0 saturated heterocycles. The van der Waals surface area contributed by atoms with Crippen molar-refractivity contribution in [3.8, 4) is 0 Å². The van der Waals surface area contributed by atoms with Crippen LogP contribution in [0.25, 0.3) is 0 Å². The maximum atomic E-state index is 11.4. The van der Waals surface area contributed by atoms with E-state index in [1.165, 1.54) is 0 Å². The molecule has 4 heteroatoms. The molecule has 18 heavy (non-hydrogen) atoms. The number of amides is 1. The average Bonchev–Trinajstić information content (AvgIpc) is 2.36. The van der Waals surface area contributed by atoms with E-state index in [0.717, 1.165) is 5.56 Å². The topological polar surface area (TPSA) is 57.5 Å². The summed E-state index contributed by atoms with van der Waals surface area (Å²) in [5.41, 5.74) is 0.896. The lowest BCUT2D eigenvalue weighted by Gasteiger charge is -2.12. The van der Waals surface area contributed by atoms with Crippen molar-refractivity contribution in [3.63, 3.8) is 0 Å². The predicted octanol–water partition coefficient (Wildman–Crippen LogP) is 2.54. The highest BCUT2D eigenvalue weighted by molar-refractivity contribution is 5.72. The molecule has 0 spiro atoms. The Bertz CT molecular complexity index is 376. The van der Waals surface area contributed by atoms with E-state index in [0.29, 0.717) is 18.6 Å². The molecule has 1 atom stereocenters. The number of carbonyl (C=O) groups excluding carboxylic acids is 2. The van der Waals surface area contributed by atoms with Crippen LogP contribution in [0.3, 0.4) is 0 Å². The summed E-state index contributed by atoms with van der Waals surface area (Å²) in [5, 5.41) is 3.72. The number of aldehydes is 1. The van der Waals surface area contributed by atoms with Gasteiger partial charge in [0.2, 0.25) is 0 Å². The number of hydrogen-bond donors (Lipinski definition) is 0. The zero-order valence-corrected chi connectivity index (χ0v) is 10.7. The zero-order valence-electron chi connectivity index (χ0n) is 10.7. The van der Waals surface area contributed by atoms with Gasteiger partial charge >= 0.3 is 6.09 Å². The van der Waals surface area contributed by atoms with Crippen molar-refractivity contribution >= 4 is 12.4 Å². The third kappa shape index (κ3) is 5.48. The van der Waals surface area contributed by atoms with E-state index in [1.807, 2.05) is 44.2 Å². The number of benzene rings is 1. The molecule has 0 aromatic heterocycles. The quantitative estimate of drug-likeness (QED) is 0.727. The van der Waals surface area contributed by atoms with Crippen LogP contribution in [0.5, 0.6) is 0 Å². The minimum Gasteiger partial charge on any atom is -0.443 e. The Hall–Kier alpha value is -1.84. The number of carbonyl (C=O) groups is 2. The molecule has 1 rings (SSSR count). The van der Waals surface area contributed by atoms with Crippen LogP contribution in [0.2, 0.25) is 0 Å². The van der Waals surface area contributed by atoms with E-state index in [4.69, 9.17) is 4.74 Å². The van der Waals surface area contributed by atoms with Gasteiger partial charge < -0.3 is 9.53 Å². The van der Waals surface area contributed by atoms with Crippen molar-refractivity contribution in [2.75, 3.05) is 0 Å². The molecular formula is C14H18NO3. The van der Waals surface area contributed by atoms with Crippen LogP contribution < -0.4 is 5.32 Å². The van der Waals surface area contributed by atoms with Crippen molar-refractivity contribution < 1.29 is 14.3 Å². The van der Waals surface area contributed by atoms with Crippen LogP contribution in [0.4, 0.5) is 4.79 Å². The lowest BCUT2D eigenvalue weighted by Crippen LogP contribution is -2.30. The Kier molecular flexibility index (Phi) is 5.91. The summed E-state index contributed by atoms with van der Waals surface area (Å²) in [7, 11) is 0. The smallest absolute Gasteiger partial charge is 0.430 e. The zero-order chi connectivity index (χ0) is 13.4. The van der Waals surface area contributed by atoms with E-state index >= 15 is 0 Å². The first-order chi connectivity index (χ1) is 8.61. The summed E-state index contributed by atoms with van der Waals surface area (Å²) in [4.78, 5) is 22.2. The van der Waals surface area contributed by atoms with Crippen LogP contribution in [0, 0.1) is 5.92 Å². The average molecular weight is 248 g/mol. The molecular weight excluding hydrogens is 230 g/mol. The highest BCUT2D eigenvalue weighted by Gasteiger charge is 2.16. The van der Waals surface area contributed by atoms with E-state index in [9.17, 15) is 9.59 Å². The van der Waals surface area contributed by atoms with Crippen molar-refractivity contribution in [1.29, 1.82) is 0 Å². The molecule has 0 unspecified atom stereocenters. The second-order valence-corrected chi connectivity index (χ2v) is 4.50. The van der Waals surface area contributed by atoms with E-state index in [1.54, 1.807) is 0 Å². The van der Waals surface area contributed by atoms with Crippen molar-refractivity contribution in [2.24, 2.45) is 5.92 Å². The first-order valence-electron chi connectivity index (χ1n) is 5.98. The van der Waals surface area contributed by atoms with Crippen LogP contribution in [0.1, 0.15) is 25.8 Å². The van der Waals surface area contributed by atoms with E-state index in [-0.39, 0.29) is 6.61 Å². The summed E-state index contributed by atoms with van der Waals surface area (Å²) in [5.74, 6) is 0.311. The molecule has 97 valence electrons. The van der Waals surface area contributed by atoms with Gasteiger partial charge in [0.25, 0.3) is 0 Å². The fourth-order valence-corrected chi connectivity index (χ4v) is 1.51. The Balaban J connectivity index is 2.34. The van der Waals surface area contributed by atoms with Gasteiger partial charge in [-0.25, -0.2) is 10.1 Å². The lowest BCUT2D eigenvalue weighted by molar-refractivity contribution is -0.109. The molecule has 1 aromatic rings. The van der Waals surface area contributed by atoms with Gasteiger partial charge in [-0.15, -0.1) is 0 Å². The van der Waals surface area contributed by atoms with Crippen LogP contribution >= 0.6 is 0 Å². The molecule has 0 aliphatic rings. The highest BCUT2D eigenvalue weighted by atomic mass is 16.5. The molecule has 0 bridgehead atoms. The van der Waals surface area contributed by atoms with Gasteiger partial charge in [0.15, 0.2) is 0 Å². The number of rotatable bonds is 6. The molecule has 0 saturated carbocycles. The number of ether oxygens (including phenoxy) is 1. The fourth-order valence-electron chi connectivity index (χ4n) is 1.51. The van der Waals surface area contributed by atoms with Gasteiger partial charge in [-0.3, -0.25) is 0 Å². The Labute approximate surface area is 107 Å². The normalized spacial score (nSPS) is 11.9. The van der Waals surface area contributed by atoms with Gasteiger partial charge in [0, 0.05) is 0 Å². The predicted molar refractivity (Wildman–Crippen MR) is 68.1 cm³/mol. The fraction of sp³-hybridized carbons (Fsp3) is 0.429. The van der Waals surface area contributed by atoms with Crippen molar-refractivity contribution in [2.45, 2.75) is 32.9 Å². The first-order valence-corrected chi connectivity index (χ1v) is 5.98. The van der Waals surface area contributed by atoms with Crippen LogP contribution in [-0.4, -0.2) is 18.4 Å². The molecule has 0 heterocycles. The summed E-state index contributed by atoms with van der Waals surface area (Å²) in [6.07, 6.45) is 0.560. The standard InChI is InChI=1S/C14H18NO3/c1-11(2)8-13(9-16)15-14(17)18-10-12-6-4-3-5-7-12/h3-7,9,11,13H,8,10H2,1-2H3/t13-/m0/s1. The minimum absolute atomic E-state index is 0.177. The molecule has 1 radical (unpaired) electrons. The Morgan fingerprint density at radius 1 is 1.33 bits per heavy atom. The third-order valence-corrected chi connectivity index (χ3v) is 2.35. The van der Waals surface area contributed by atoms with Crippen LogP contribution in [-0.2, 0) is 16.1 Å². The molecule has 1 amide bonds. The van der Waals surface area contributed by atoms with Gasteiger partial charge in [-0.2, -0.15) is 0 Å². The van der Waals surface area contributed by atoms with Gasteiger partial charge in [-0.05, 0) is 17.9 Å². The second kappa shape index (κ2) is 7.48. The SMILES string of the molecule is CC(C)C[C@@H](C=O)[N]C(=O)OCc1ccccc1. The Morgan fingerprint density at radius 2 is 2.00 bits per heavy atom. The highest BCUT2D eigenvalue weighted by Crippen LogP contribution is 2.05. The monoisotopic (exact) mass is 248 g/mol. The largest absolute Gasteiger partial charge is 0.443 e. The molecule has 0 N–H and O–H groups in total. The minimum atomic E-state index is -0.684. The Morgan fingerprint density at radius 3 is 2.56 bits per heavy atom. The van der Waals surface area contributed by atoms with E-state index in [2.05, 4.69) is 5.32 Å². The molecule has 0 aliphatic heterocycles. The lowest BCUT2D eigenvalue weighted by atomic mass is 10.1. The number of nitrogens with zero attached hydrogens (tertiary/aromatic N) is 1. The maximum Gasteiger partial charge on any atom is 0.430 e. The third-order valence-electron chi connectivity index (χ3n) is 2.35. The first kappa shape index (κ1) is 14.2. The summed E-state index contributed by atoms with van der Waals surface area (Å²) in [6.45, 7) is 4.12. The maximum absolute atomic E-state index is 11.4. The molecule has 1 aromatic carbocycles. The summed E-state index contributed by atoms with van der Waals surface area (Å²) < 4.78 is 4.98. The molecule has 0 fully saturated rings. The van der Waals surface area contributed by atoms with Crippen molar-refractivity contribution in [1.82, 2.24) is 5.32 Å². The van der Waals surface area contributed by atoms with Gasteiger partial charge in [0.1, 0.15) is 18.9 Å². The van der Waals surface area contributed by atoms with E-state index < -0.39 is 12.1 Å². The molecule has 0 aliphatic carbocycles. The van der Waals surface area contributed by atoms with Crippen LogP contribution in [0.15, 0.2) is 30.3 Å². The summed E-state index contributed by atoms with van der Waals surface area (Å²) >= 11 is 0. The van der Waals surface area contributed by atoms with Gasteiger partial charge in [-0.1, -0.05) is 44.2 Å². The van der Waals surface area contributed by atoms with Gasteiger partial charge in [0.05, 0.1) is 0 Å². The van der Waals surface area contributed by atoms with Crippen molar-refractivity contribution in [3.05, 3.63) is 35.9 Å². The number of hydrogen-bond acceptors (Lipinski definition) is 3. The second-order valence-electron chi connectivity index (χ2n) is 4.50.